The molecule has 4 nitrogen and oxygen atoms in total. The molecule has 106 valence electrons. The number of nitrogens with one attached hydrogen (secondary N) is 1. The van der Waals surface area contributed by atoms with Crippen molar-refractivity contribution in [2.45, 2.75) is 30.7 Å². The number of hydrogen-bond acceptors (Lipinski definition) is 4. The van der Waals surface area contributed by atoms with E-state index in [1.807, 2.05) is 12.1 Å². The highest BCUT2D eigenvalue weighted by atomic mass is 35.5. The first kappa shape index (κ1) is 14.9. The van der Waals surface area contributed by atoms with Crippen LogP contribution in [0, 0.1) is 0 Å². The third-order valence-corrected chi connectivity index (χ3v) is 3.99. The van der Waals surface area contributed by atoms with Crippen LogP contribution < -0.4 is 11.3 Å². The van der Waals surface area contributed by atoms with Gasteiger partial charge in [0.25, 0.3) is 5.56 Å². The third-order valence-electron chi connectivity index (χ3n) is 2.72. The summed E-state index contributed by atoms with van der Waals surface area (Å²) >= 11 is 7.58. The normalized spacial score (nSPS) is 10.7. The zero-order valence-electron chi connectivity index (χ0n) is 11.1. The number of H-pyrrole nitrogens is 1. The van der Waals surface area contributed by atoms with Crippen LogP contribution in [0.25, 0.3) is 0 Å². The van der Waals surface area contributed by atoms with Crippen LogP contribution in [-0.2, 0) is 12.2 Å². The van der Waals surface area contributed by atoms with Gasteiger partial charge in [0.05, 0.1) is 0 Å². The van der Waals surface area contributed by atoms with Gasteiger partial charge in [-0.15, -0.1) is 0 Å². The molecule has 20 heavy (non-hydrogen) atoms. The van der Waals surface area contributed by atoms with Gasteiger partial charge in [-0.05, 0) is 24.1 Å². The van der Waals surface area contributed by atoms with Gasteiger partial charge in [0.1, 0.15) is 0 Å². The Kier molecular flexibility index (Phi) is 5.09. The van der Waals surface area contributed by atoms with Crippen molar-refractivity contribution in [2.24, 2.45) is 0 Å². The van der Waals surface area contributed by atoms with Gasteiger partial charge < -0.3 is 10.7 Å². The van der Waals surface area contributed by atoms with Gasteiger partial charge in [-0.1, -0.05) is 42.8 Å². The van der Waals surface area contributed by atoms with Crippen LogP contribution in [-0.4, -0.2) is 9.97 Å². The van der Waals surface area contributed by atoms with Crippen LogP contribution in [0.1, 0.15) is 24.6 Å². The minimum Gasteiger partial charge on any atom is -0.399 e. The maximum absolute atomic E-state index is 11.6. The molecule has 0 radical (unpaired) electrons. The molecule has 0 saturated heterocycles. The van der Waals surface area contributed by atoms with Crippen LogP contribution in [0.2, 0.25) is 5.02 Å². The van der Waals surface area contributed by atoms with Crippen LogP contribution in [0.3, 0.4) is 0 Å². The smallest absolute Gasteiger partial charge is 0.251 e. The van der Waals surface area contributed by atoms with E-state index in [9.17, 15) is 4.79 Å². The first-order valence-corrected chi connectivity index (χ1v) is 7.71. The lowest BCUT2D eigenvalue weighted by molar-refractivity contribution is 0.816. The van der Waals surface area contributed by atoms with E-state index in [0.717, 1.165) is 24.1 Å². The van der Waals surface area contributed by atoms with Crippen molar-refractivity contribution in [3.8, 4) is 0 Å². The lowest BCUT2D eigenvalue weighted by Gasteiger charge is -2.06. The number of thioether (sulfide) groups is 1. The molecule has 0 unspecified atom stereocenters. The third kappa shape index (κ3) is 4.02. The number of hydrogen-bond donors (Lipinski definition) is 2. The van der Waals surface area contributed by atoms with Gasteiger partial charge in [-0.2, -0.15) is 0 Å². The van der Waals surface area contributed by atoms with E-state index >= 15 is 0 Å². The molecule has 6 heteroatoms. The van der Waals surface area contributed by atoms with E-state index in [-0.39, 0.29) is 5.56 Å². The Hall–Kier alpha value is -1.46. The molecule has 0 bridgehead atoms. The summed E-state index contributed by atoms with van der Waals surface area (Å²) < 4.78 is 0. The topological polar surface area (TPSA) is 71.8 Å². The zero-order chi connectivity index (χ0) is 14.5. The minimum atomic E-state index is -0.116. The number of aromatic amines is 1. The summed E-state index contributed by atoms with van der Waals surface area (Å²) in [5.74, 6) is 0.637. The number of rotatable bonds is 5. The van der Waals surface area contributed by atoms with Crippen molar-refractivity contribution in [3.05, 3.63) is 50.9 Å². The molecule has 2 aromatic rings. The van der Waals surface area contributed by atoms with Crippen molar-refractivity contribution in [1.29, 1.82) is 0 Å². The van der Waals surface area contributed by atoms with Gasteiger partial charge >= 0.3 is 0 Å². The Morgan fingerprint density at radius 3 is 2.90 bits per heavy atom. The molecular weight excluding hydrogens is 294 g/mol. The highest BCUT2D eigenvalue weighted by Gasteiger charge is 2.05. The molecule has 0 aliphatic rings. The van der Waals surface area contributed by atoms with Crippen LogP contribution in [0.15, 0.2) is 34.2 Å². The lowest BCUT2D eigenvalue weighted by atomic mass is 10.2. The Morgan fingerprint density at radius 2 is 2.20 bits per heavy atom. The molecule has 0 aliphatic carbocycles. The molecule has 1 heterocycles. The summed E-state index contributed by atoms with van der Waals surface area (Å²) in [6.45, 7) is 2.06. The molecule has 1 aromatic heterocycles. The predicted molar refractivity (Wildman–Crippen MR) is 84.3 cm³/mol. The number of aromatic nitrogens is 2. The van der Waals surface area contributed by atoms with Crippen molar-refractivity contribution >= 4 is 29.1 Å². The molecule has 0 aliphatic heterocycles. The van der Waals surface area contributed by atoms with Gasteiger partial charge in [-0.25, -0.2) is 4.98 Å². The van der Waals surface area contributed by atoms with Crippen molar-refractivity contribution in [2.75, 3.05) is 5.73 Å². The first-order valence-electron chi connectivity index (χ1n) is 6.35. The van der Waals surface area contributed by atoms with E-state index in [1.165, 1.54) is 11.8 Å². The predicted octanol–water partition coefficient (Wildman–Crippen LogP) is 3.25. The maximum atomic E-state index is 11.6. The minimum absolute atomic E-state index is 0.116. The average molecular weight is 310 g/mol. The summed E-state index contributed by atoms with van der Waals surface area (Å²) in [5.41, 5.74) is 7.97. The van der Waals surface area contributed by atoms with Gasteiger partial charge in [-0.3, -0.25) is 4.79 Å². The zero-order valence-corrected chi connectivity index (χ0v) is 12.7. The van der Waals surface area contributed by atoms with E-state index in [2.05, 4.69) is 16.9 Å². The molecule has 1 aromatic carbocycles. The Balaban J connectivity index is 2.12. The largest absolute Gasteiger partial charge is 0.399 e. The quantitative estimate of drug-likeness (QED) is 0.505. The number of aryl methyl sites for hydroxylation is 1. The fourth-order valence-electron chi connectivity index (χ4n) is 1.76. The summed E-state index contributed by atoms with van der Waals surface area (Å²) in [4.78, 5) is 18.7. The summed E-state index contributed by atoms with van der Waals surface area (Å²) in [7, 11) is 0. The number of anilines is 1. The first-order chi connectivity index (χ1) is 9.58. The van der Waals surface area contributed by atoms with E-state index in [0.29, 0.717) is 21.6 Å². The van der Waals surface area contributed by atoms with Gasteiger partial charge in [0.15, 0.2) is 5.16 Å². The molecule has 0 spiro atoms. The highest BCUT2D eigenvalue weighted by Crippen LogP contribution is 2.25. The summed E-state index contributed by atoms with van der Waals surface area (Å²) in [5, 5.41) is 1.25. The monoisotopic (exact) mass is 309 g/mol. The number of benzene rings is 1. The van der Waals surface area contributed by atoms with Crippen LogP contribution >= 0.6 is 23.4 Å². The van der Waals surface area contributed by atoms with Crippen molar-refractivity contribution < 1.29 is 0 Å². The number of halogens is 1. The molecule has 0 amide bonds. The molecule has 2 rings (SSSR count). The number of nitrogens with two attached hydrogens (primary N) is 1. The van der Waals surface area contributed by atoms with E-state index < -0.39 is 0 Å². The van der Waals surface area contributed by atoms with Crippen molar-refractivity contribution in [3.63, 3.8) is 0 Å². The second-order valence-electron chi connectivity index (χ2n) is 4.43. The molecule has 0 saturated carbocycles. The van der Waals surface area contributed by atoms with Crippen LogP contribution in [0.4, 0.5) is 5.69 Å². The van der Waals surface area contributed by atoms with Gasteiger partial charge in [0.2, 0.25) is 0 Å². The SMILES string of the molecule is CCCc1cc(=O)[nH]c(SCc2ccc(N)cc2Cl)n1. The Labute approximate surface area is 126 Å². The second-order valence-corrected chi connectivity index (χ2v) is 5.80. The summed E-state index contributed by atoms with van der Waals surface area (Å²) in [6, 6.07) is 6.97. The Bertz CT molecular complexity index is 657. The standard InChI is InChI=1S/C14H16ClN3OS/c1-2-3-11-7-13(19)18-14(17-11)20-8-9-4-5-10(16)6-12(9)15/h4-7H,2-3,8,16H2,1H3,(H,17,18,19). The fourth-order valence-corrected chi connectivity index (χ4v) is 3.00. The molecule has 3 N–H and O–H groups in total. The van der Waals surface area contributed by atoms with Gasteiger partial charge in [0, 0.05) is 28.2 Å². The van der Waals surface area contributed by atoms with Crippen LogP contribution in [0.5, 0.6) is 0 Å². The molecular formula is C14H16ClN3OS. The van der Waals surface area contributed by atoms with Crippen molar-refractivity contribution in [1.82, 2.24) is 9.97 Å². The fraction of sp³-hybridized carbons (Fsp3) is 0.286. The average Bonchev–Trinajstić information content (AvgIpc) is 2.37. The molecule has 0 atom stereocenters. The highest BCUT2D eigenvalue weighted by molar-refractivity contribution is 7.98. The maximum Gasteiger partial charge on any atom is 0.251 e. The second kappa shape index (κ2) is 6.81. The summed E-state index contributed by atoms with van der Waals surface area (Å²) in [6.07, 6.45) is 1.77. The van der Waals surface area contributed by atoms with E-state index in [4.69, 9.17) is 17.3 Å². The number of nitrogen functional groups attached to an aromatic ring is 1. The van der Waals surface area contributed by atoms with E-state index in [1.54, 1.807) is 12.1 Å². The molecule has 0 fully saturated rings. The Morgan fingerprint density at radius 1 is 1.40 bits per heavy atom. The lowest BCUT2D eigenvalue weighted by Crippen LogP contribution is -2.10. The number of nitrogens with zero attached hydrogens (tertiary/aromatic N) is 1.